The van der Waals surface area contributed by atoms with Crippen molar-refractivity contribution in [2.45, 2.75) is 23.6 Å². The molecule has 0 aromatic heterocycles. The summed E-state index contributed by atoms with van der Waals surface area (Å²) >= 11 is 0. The molecule has 114 valence electrons. The minimum atomic E-state index is -0.344. The second kappa shape index (κ2) is 7.91. The highest BCUT2D eigenvalue weighted by molar-refractivity contribution is 8.76. The number of carbonyl (C=O) groups is 2. The third-order valence-corrected chi connectivity index (χ3v) is 4.75. The van der Waals surface area contributed by atoms with E-state index in [1.54, 1.807) is 24.3 Å². The van der Waals surface area contributed by atoms with E-state index in [-0.39, 0.29) is 11.9 Å². The van der Waals surface area contributed by atoms with E-state index in [1.165, 1.54) is 35.4 Å². The number of benzene rings is 2. The van der Waals surface area contributed by atoms with Crippen LogP contribution in [0.15, 0.2) is 58.3 Å². The Hall–Kier alpha value is -1.92. The minimum absolute atomic E-state index is 0.344. The summed E-state index contributed by atoms with van der Waals surface area (Å²) in [6.45, 7) is 2.74. The van der Waals surface area contributed by atoms with Crippen LogP contribution in [0.1, 0.15) is 13.8 Å². The van der Waals surface area contributed by atoms with E-state index in [0.717, 1.165) is 9.79 Å². The van der Waals surface area contributed by atoms with Gasteiger partial charge < -0.3 is 9.47 Å². The van der Waals surface area contributed by atoms with E-state index in [1.807, 2.05) is 24.3 Å². The number of rotatable bonds is 5. The van der Waals surface area contributed by atoms with Crippen LogP contribution in [0.2, 0.25) is 0 Å². The highest BCUT2D eigenvalue weighted by Gasteiger charge is 2.04. The molecule has 0 amide bonds. The van der Waals surface area contributed by atoms with Gasteiger partial charge in [0.25, 0.3) is 0 Å². The quantitative estimate of drug-likeness (QED) is 0.461. The number of ether oxygens (including phenoxy) is 2. The van der Waals surface area contributed by atoms with Crippen LogP contribution in [-0.4, -0.2) is 11.9 Å². The second-order valence-electron chi connectivity index (χ2n) is 4.30. The van der Waals surface area contributed by atoms with Gasteiger partial charge in [-0.15, -0.1) is 0 Å². The van der Waals surface area contributed by atoms with Crippen molar-refractivity contribution in [3.05, 3.63) is 48.5 Å². The molecule has 0 heterocycles. The van der Waals surface area contributed by atoms with Crippen LogP contribution in [0.4, 0.5) is 0 Å². The monoisotopic (exact) mass is 334 g/mol. The summed E-state index contributed by atoms with van der Waals surface area (Å²) in [4.78, 5) is 23.8. The van der Waals surface area contributed by atoms with Crippen molar-refractivity contribution in [2.75, 3.05) is 0 Å². The van der Waals surface area contributed by atoms with Gasteiger partial charge >= 0.3 is 11.9 Å². The number of hydrogen-bond acceptors (Lipinski definition) is 6. The second-order valence-corrected chi connectivity index (χ2v) is 6.58. The summed E-state index contributed by atoms with van der Waals surface area (Å²) < 4.78 is 10.1. The summed E-state index contributed by atoms with van der Waals surface area (Å²) in [7, 11) is 3.05. The zero-order valence-corrected chi connectivity index (χ0v) is 13.7. The standard InChI is InChI=1S/C16H14O4S2/c1-11(17)19-13-5-3-7-15(9-13)21-22-16-8-4-6-14(10-16)20-12(2)18/h3-10H,1-2H3. The van der Waals surface area contributed by atoms with E-state index in [0.29, 0.717) is 11.5 Å². The van der Waals surface area contributed by atoms with E-state index in [9.17, 15) is 9.59 Å². The molecule has 2 aromatic rings. The summed E-state index contributed by atoms with van der Waals surface area (Å²) in [5, 5.41) is 0. The molecule has 0 saturated heterocycles. The van der Waals surface area contributed by atoms with Crippen LogP contribution in [0.25, 0.3) is 0 Å². The lowest BCUT2D eigenvalue weighted by Crippen LogP contribution is -2.01. The zero-order valence-electron chi connectivity index (χ0n) is 12.1. The van der Waals surface area contributed by atoms with Gasteiger partial charge in [-0.25, -0.2) is 0 Å². The van der Waals surface area contributed by atoms with Crippen LogP contribution < -0.4 is 9.47 Å². The van der Waals surface area contributed by atoms with Crippen LogP contribution in [0, 0.1) is 0 Å². The average Bonchev–Trinajstić information content (AvgIpc) is 2.44. The van der Waals surface area contributed by atoms with Gasteiger partial charge in [-0.1, -0.05) is 33.7 Å². The molecule has 0 fully saturated rings. The Labute approximate surface area is 136 Å². The fourth-order valence-corrected chi connectivity index (χ4v) is 3.60. The van der Waals surface area contributed by atoms with Gasteiger partial charge in [0.2, 0.25) is 0 Å². The predicted molar refractivity (Wildman–Crippen MR) is 87.2 cm³/mol. The SMILES string of the molecule is CC(=O)Oc1cccc(SSc2cccc(OC(C)=O)c2)c1. The first-order chi connectivity index (χ1) is 10.5. The molecular weight excluding hydrogens is 320 g/mol. The van der Waals surface area contributed by atoms with Gasteiger partial charge in [-0.05, 0) is 36.4 Å². The van der Waals surface area contributed by atoms with Crippen LogP contribution in [-0.2, 0) is 9.59 Å². The predicted octanol–water partition coefficient (Wildman–Crippen LogP) is 4.34. The molecule has 4 nitrogen and oxygen atoms in total. The summed E-state index contributed by atoms with van der Waals surface area (Å²) in [5.41, 5.74) is 0. The summed E-state index contributed by atoms with van der Waals surface area (Å²) in [5.74, 6) is 0.353. The molecule has 0 atom stereocenters. The van der Waals surface area contributed by atoms with E-state index >= 15 is 0 Å². The van der Waals surface area contributed by atoms with Gasteiger partial charge in [-0.2, -0.15) is 0 Å². The molecule has 2 aromatic carbocycles. The van der Waals surface area contributed by atoms with Gasteiger partial charge in [0.15, 0.2) is 0 Å². The largest absolute Gasteiger partial charge is 0.427 e. The Morgan fingerprint density at radius 2 is 1.18 bits per heavy atom. The Morgan fingerprint density at radius 3 is 1.55 bits per heavy atom. The molecule has 6 heteroatoms. The molecular formula is C16H14O4S2. The third-order valence-electron chi connectivity index (χ3n) is 2.37. The first-order valence-electron chi connectivity index (χ1n) is 6.44. The van der Waals surface area contributed by atoms with Crippen molar-refractivity contribution < 1.29 is 19.1 Å². The lowest BCUT2D eigenvalue weighted by molar-refractivity contribution is -0.132. The van der Waals surface area contributed by atoms with Crippen molar-refractivity contribution >= 4 is 33.5 Å². The fraction of sp³-hybridized carbons (Fsp3) is 0.125. The van der Waals surface area contributed by atoms with E-state index in [2.05, 4.69) is 0 Å². The van der Waals surface area contributed by atoms with Crippen LogP contribution in [0.5, 0.6) is 11.5 Å². The van der Waals surface area contributed by atoms with Gasteiger partial charge in [-0.3, -0.25) is 9.59 Å². The first kappa shape index (κ1) is 16.5. The van der Waals surface area contributed by atoms with Crippen molar-refractivity contribution in [1.82, 2.24) is 0 Å². The first-order valence-corrected chi connectivity index (χ1v) is 8.59. The molecule has 2 rings (SSSR count). The molecule has 0 bridgehead atoms. The number of hydrogen-bond donors (Lipinski definition) is 0. The lowest BCUT2D eigenvalue weighted by Gasteiger charge is -2.06. The van der Waals surface area contributed by atoms with E-state index < -0.39 is 0 Å². The molecule has 0 spiro atoms. The zero-order chi connectivity index (χ0) is 15.9. The third kappa shape index (κ3) is 5.46. The van der Waals surface area contributed by atoms with Gasteiger partial charge in [0, 0.05) is 23.6 Å². The maximum Gasteiger partial charge on any atom is 0.308 e. The van der Waals surface area contributed by atoms with Crippen molar-refractivity contribution in [1.29, 1.82) is 0 Å². The molecule has 0 saturated carbocycles. The molecule has 0 N–H and O–H groups in total. The summed E-state index contributed by atoms with van der Waals surface area (Å²) in [6.07, 6.45) is 0. The fourth-order valence-electron chi connectivity index (χ4n) is 1.61. The highest BCUT2D eigenvalue weighted by atomic mass is 33.1. The number of esters is 2. The maximum atomic E-state index is 11.0. The molecule has 0 radical (unpaired) electrons. The molecule has 0 aliphatic heterocycles. The highest BCUT2D eigenvalue weighted by Crippen LogP contribution is 2.39. The van der Waals surface area contributed by atoms with Gasteiger partial charge in [0.05, 0.1) is 0 Å². The minimum Gasteiger partial charge on any atom is -0.427 e. The number of carbonyl (C=O) groups excluding carboxylic acids is 2. The molecule has 0 aliphatic carbocycles. The molecule has 22 heavy (non-hydrogen) atoms. The lowest BCUT2D eigenvalue weighted by atomic mass is 10.3. The normalized spacial score (nSPS) is 10.1. The smallest absolute Gasteiger partial charge is 0.308 e. The Bertz CT molecular complexity index is 626. The Morgan fingerprint density at radius 1 is 0.773 bits per heavy atom. The van der Waals surface area contributed by atoms with Crippen LogP contribution >= 0.6 is 21.6 Å². The topological polar surface area (TPSA) is 52.6 Å². The van der Waals surface area contributed by atoms with Gasteiger partial charge in [0.1, 0.15) is 11.5 Å². The average molecular weight is 334 g/mol. The van der Waals surface area contributed by atoms with Crippen molar-refractivity contribution in [3.63, 3.8) is 0 Å². The molecule has 0 aliphatic rings. The maximum absolute atomic E-state index is 11.0. The summed E-state index contributed by atoms with van der Waals surface area (Å²) in [6, 6.07) is 14.6. The van der Waals surface area contributed by atoms with Crippen LogP contribution in [0.3, 0.4) is 0 Å². The molecule has 0 unspecified atom stereocenters. The van der Waals surface area contributed by atoms with E-state index in [4.69, 9.17) is 9.47 Å². The Kier molecular flexibility index (Phi) is 5.91. The van der Waals surface area contributed by atoms with Crippen molar-refractivity contribution in [2.24, 2.45) is 0 Å². The Balaban J connectivity index is 2.00. The van der Waals surface area contributed by atoms with Crippen molar-refractivity contribution in [3.8, 4) is 11.5 Å².